The van der Waals surface area contributed by atoms with Gasteiger partial charge < -0.3 is 10.1 Å². The number of nitrogens with zero attached hydrogens (tertiary/aromatic N) is 1. The normalized spacial score (nSPS) is 16.6. The van der Waals surface area contributed by atoms with Gasteiger partial charge in [0.15, 0.2) is 6.10 Å². The molecule has 1 N–H and O–H groups in total. The van der Waals surface area contributed by atoms with Crippen LogP contribution in [0.25, 0.3) is 0 Å². The van der Waals surface area contributed by atoms with Crippen LogP contribution in [-0.2, 0) is 21.2 Å². The Morgan fingerprint density at radius 2 is 1.66 bits per heavy atom. The molecule has 3 rings (SSSR count). The standard InChI is InChI=1S/C25H34N2O4S/c1-19(2)18-26-25(28)20(3)31-23-9-11-24(12-10-23)32(29,30)27-15-13-22(14-16-27)17-21-7-5-4-6-8-21/h4-12,19-20,22H,13-18H2,1-3H3,(H,26,28)/t20-/m1/s1. The Balaban J connectivity index is 1.54. The van der Waals surface area contributed by atoms with Crippen molar-refractivity contribution >= 4 is 15.9 Å². The van der Waals surface area contributed by atoms with Crippen LogP contribution in [0.4, 0.5) is 0 Å². The third-order valence-corrected chi connectivity index (χ3v) is 7.68. The first-order valence-corrected chi connectivity index (χ1v) is 12.8. The van der Waals surface area contributed by atoms with Gasteiger partial charge in [0.1, 0.15) is 5.75 Å². The van der Waals surface area contributed by atoms with E-state index in [2.05, 4.69) is 17.4 Å². The fourth-order valence-electron chi connectivity index (χ4n) is 3.85. The first-order chi connectivity index (χ1) is 15.3. The number of nitrogens with one attached hydrogen (secondary N) is 1. The van der Waals surface area contributed by atoms with Crippen LogP contribution in [0, 0.1) is 11.8 Å². The summed E-state index contributed by atoms with van der Waals surface area (Å²) < 4.78 is 33.4. The van der Waals surface area contributed by atoms with Crippen molar-refractivity contribution in [3.63, 3.8) is 0 Å². The van der Waals surface area contributed by atoms with E-state index in [1.54, 1.807) is 35.5 Å². The Kier molecular flexibility index (Phi) is 8.32. The lowest BCUT2D eigenvalue weighted by molar-refractivity contribution is -0.127. The topological polar surface area (TPSA) is 75.7 Å². The Hall–Kier alpha value is -2.38. The monoisotopic (exact) mass is 458 g/mol. The average molecular weight is 459 g/mol. The molecule has 1 saturated heterocycles. The molecular formula is C25H34N2O4S. The van der Waals surface area contributed by atoms with Crippen molar-refractivity contribution in [2.24, 2.45) is 11.8 Å². The van der Waals surface area contributed by atoms with E-state index in [4.69, 9.17) is 4.74 Å². The Bertz CT molecular complexity index is 967. The number of amides is 1. The van der Waals surface area contributed by atoms with E-state index in [-0.39, 0.29) is 10.8 Å². The molecule has 0 saturated carbocycles. The molecule has 0 spiro atoms. The van der Waals surface area contributed by atoms with Gasteiger partial charge in [-0.3, -0.25) is 4.79 Å². The number of sulfonamides is 1. The second kappa shape index (κ2) is 11.0. The van der Waals surface area contributed by atoms with Gasteiger partial charge in [0.2, 0.25) is 10.0 Å². The van der Waals surface area contributed by atoms with Gasteiger partial charge in [-0.25, -0.2) is 8.42 Å². The van der Waals surface area contributed by atoms with Crippen LogP contribution in [-0.4, -0.2) is 44.4 Å². The lowest BCUT2D eigenvalue weighted by Gasteiger charge is -2.31. The quantitative estimate of drug-likeness (QED) is 0.619. The van der Waals surface area contributed by atoms with Gasteiger partial charge in [-0.15, -0.1) is 0 Å². The second-order valence-corrected chi connectivity index (χ2v) is 10.8. The van der Waals surface area contributed by atoms with E-state index in [9.17, 15) is 13.2 Å². The smallest absolute Gasteiger partial charge is 0.260 e. The van der Waals surface area contributed by atoms with Gasteiger partial charge in [-0.2, -0.15) is 4.31 Å². The molecule has 0 radical (unpaired) electrons. The van der Waals surface area contributed by atoms with Crippen LogP contribution in [0.3, 0.4) is 0 Å². The fourth-order valence-corrected chi connectivity index (χ4v) is 5.32. The summed E-state index contributed by atoms with van der Waals surface area (Å²) in [6, 6.07) is 16.7. The van der Waals surface area contributed by atoms with Crippen LogP contribution >= 0.6 is 0 Å². The third kappa shape index (κ3) is 6.56. The summed E-state index contributed by atoms with van der Waals surface area (Å²) in [5.74, 6) is 1.15. The molecule has 1 atom stereocenters. The van der Waals surface area contributed by atoms with E-state index >= 15 is 0 Å². The predicted octanol–water partition coefficient (Wildman–Crippen LogP) is 3.87. The van der Waals surface area contributed by atoms with Crippen molar-refractivity contribution in [3.8, 4) is 5.75 Å². The zero-order chi connectivity index (χ0) is 23.1. The summed E-state index contributed by atoms with van der Waals surface area (Å²) in [6.07, 6.45) is 2.06. The summed E-state index contributed by atoms with van der Waals surface area (Å²) in [6.45, 7) is 7.38. The number of carbonyl (C=O) groups is 1. The van der Waals surface area contributed by atoms with Crippen molar-refractivity contribution in [3.05, 3.63) is 60.2 Å². The predicted molar refractivity (Wildman–Crippen MR) is 126 cm³/mol. The number of piperidine rings is 1. The molecule has 174 valence electrons. The molecule has 1 aliphatic heterocycles. The highest BCUT2D eigenvalue weighted by Crippen LogP contribution is 2.27. The molecule has 32 heavy (non-hydrogen) atoms. The summed E-state index contributed by atoms with van der Waals surface area (Å²) in [5.41, 5.74) is 1.30. The molecular weight excluding hydrogens is 424 g/mol. The zero-order valence-corrected chi connectivity index (χ0v) is 20.0. The Labute approximate surface area is 192 Å². The molecule has 0 unspecified atom stereocenters. The second-order valence-electron chi connectivity index (χ2n) is 8.91. The Morgan fingerprint density at radius 3 is 2.25 bits per heavy atom. The average Bonchev–Trinajstić information content (AvgIpc) is 2.79. The van der Waals surface area contributed by atoms with E-state index in [1.807, 2.05) is 32.0 Å². The lowest BCUT2D eigenvalue weighted by atomic mass is 9.91. The van der Waals surface area contributed by atoms with Gasteiger partial charge in [0.05, 0.1) is 4.90 Å². The highest BCUT2D eigenvalue weighted by Gasteiger charge is 2.29. The van der Waals surface area contributed by atoms with E-state index < -0.39 is 16.1 Å². The van der Waals surface area contributed by atoms with Crippen molar-refractivity contribution in [1.29, 1.82) is 0 Å². The summed E-state index contributed by atoms with van der Waals surface area (Å²) >= 11 is 0. The number of benzene rings is 2. The molecule has 0 bridgehead atoms. The van der Waals surface area contributed by atoms with E-state index in [0.717, 1.165) is 19.3 Å². The third-order valence-electron chi connectivity index (χ3n) is 5.77. The minimum Gasteiger partial charge on any atom is -0.481 e. The van der Waals surface area contributed by atoms with Gasteiger partial charge in [0.25, 0.3) is 5.91 Å². The summed E-state index contributed by atoms with van der Waals surface area (Å²) in [7, 11) is -3.54. The first-order valence-electron chi connectivity index (χ1n) is 11.3. The largest absolute Gasteiger partial charge is 0.481 e. The number of rotatable bonds is 9. The van der Waals surface area contributed by atoms with Crippen molar-refractivity contribution in [2.45, 2.75) is 51.0 Å². The molecule has 0 aromatic heterocycles. The number of carbonyl (C=O) groups excluding carboxylic acids is 1. The Morgan fingerprint density at radius 1 is 1.03 bits per heavy atom. The van der Waals surface area contributed by atoms with Crippen LogP contribution in [0.15, 0.2) is 59.5 Å². The van der Waals surface area contributed by atoms with Gasteiger partial charge >= 0.3 is 0 Å². The molecule has 0 aliphatic carbocycles. The van der Waals surface area contributed by atoms with Crippen molar-refractivity contribution in [1.82, 2.24) is 9.62 Å². The molecule has 1 heterocycles. The maximum Gasteiger partial charge on any atom is 0.260 e. The molecule has 1 fully saturated rings. The van der Waals surface area contributed by atoms with Crippen molar-refractivity contribution in [2.75, 3.05) is 19.6 Å². The van der Waals surface area contributed by atoms with Crippen LogP contribution < -0.4 is 10.1 Å². The first kappa shape index (κ1) is 24.3. The minimum absolute atomic E-state index is 0.186. The molecule has 1 amide bonds. The minimum atomic E-state index is -3.54. The fraction of sp³-hybridized carbons (Fsp3) is 0.480. The number of hydrogen-bond acceptors (Lipinski definition) is 4. The highest BCUT2D eigenvalue weighted by molar-refractivity contribution is 7.89. The molecule has 7 heteroatoms. The lowest BCUT2D eigenvalue weighted by Crippen LogP contribution is -2.39. The maximum absolute atomic E-state index is 13.1. The summed E-state index contributed by atoms with van der Waals surface area (Å²) in [4.78, 5) is 12.3. The van der Waals surface area contributed by atoms with Crippen molar-refractivity contribution < 1.29 is 17.9 Å². The highest BCUT2D eigenvalue weighted by atomic mass is 32.2. The van der Waals surface area contributed by atoms with Gasteiger partial charge in [0, 0.05) is 19.6 Å². The number of hydrogen-bond donors (Lipinski definition) is 1. The molecule has 6 nitrogen and oxygen atoms in total. The number of ether oxygens (including phenoxy) is 1. The molecule has 2 aromatic carbocycles. The van der Waals surface area contributed by atoms with Gasteiger partial charge in [-0.05, 0) is 67.9 Å². The van der Waals surface area contributed by atoms with Crippen LogP contribution in [0.2, 0.25) is 0 Å². The summed E-state index contributed by atoms with van der Waals surface area (Å²) in [5, 5.41) is 2.83. The SMILES string of the molecule is CC(C)CNC(=O)[C@@H](C)Oc1ccc(S(=O)(=O)N2CCC(Cc3ccccc3)CC2)cc1. The zero-order valence-electron chi connectivity index (χ0n) is 19.2. The van der Waals surface area contributed by atoms with Crippen LogP contribution in [0.5, 0.6) is 5.75 Å². The van der Waals surface area contributed by atoms with E-state index in [0.29, 0.717) is 37.2 Å². The maximum atomic E-state index is 13.1. The van der Waals surface area contributed by atoms with Gasteiger partial charge in [-0.1, -0.05) is 44.2 Å². The molecule has 1 aliphatic rings. The van der Waals surface area contributed by atoms with Crippen LogP contribution in [0.1, 0.15) is 39.2 Å². The van der Waals surface area contributed by atoms with E-state index in [1.165, 1.54) is 5.56 Å². The molecule has 2 aromatic rings.